The fourth-order valence-electron chi connectivity index (χ4n) is 4.46. The van der Waals surface area contributed by atoms with Crippen molar-refractivity contribution in [2.45, 2.75) is 46.2 Å². The van der Waals surface area contributed by atoms with Gasteiger partial charge in [0.25, 0.3) is 0 Å². The van der Waals surface area contributed by atoms with Crippen molar-refractivity contribution in [3.05, 3.63) is 95.6 Å². The Morgan fingerprint density at radius 3 is 2.49 bits per heavy atom. The second-order valence-electron chi connectivity index (χ2n) is 9.85. The normalized spacial score (nSPS) is 12.0. The highest BCUT2D eigenvalue weighted by Crippen LogP contribution is 2.23. The predicted octanol–water partition coefficient (Wildman–Crippen LogP) is 4.71. The van der Waals surface area contributed by atoms with Gasteiger partial charge in [-0.05, 0) is 48.9 Å². The molecule has 4 rings (SSSR count). The Bertz CT molecular complexity index is 1330. The van der Waals surface area contributed by atoms with E-state index in [9.17, 15) is 9.59 Å². The number of aromatic nitrogens is 3. The minimum Gasteiger partial charge on any atom is -0.354 e. The molecule has 37 heavy (non-hydrogen) atoms. The summed E-state index contributed by atoms with van der Waals surface area (Å²) >= 11 is 0. The maximum atomic E-state index is 13.9. The number of nitrogens with zero attached hydrogens (tertiary/aromatic N) is 4. The monoisotopic (exact) mass is 497 g/mol. The van der Waals surface area contributed by atoms with E-state index in [4.69, 9.17) is 0 Å². The number of para-hydroxylation sites is 1. The number of carbonyl (C=O) groups excluding carboxylic acids is 2. The molecule has 0 saturated carbocycles. The molecule has 3 aromatic carbocycles. The van der Waals surface area contributed by atoms with Gasteiger partial charge in [0.05, 0.1) is 5.52 Å². The van der Waals surface area contributed by atoms with Gasteiger partial charge in [0.15, 0.2) is 0 Å². The first-order valence-corrected chi connectivity index (χ1v) is 12.9. The molecule has 0 bridgehead atoms. The lowest BCUT2D eigenvalue weighted by atomic mass is 10.0. The standard InChI is InChI=1S/C30H35N5O2/c1-22(2)16-18-31-30(37)29(25-12-5-4-6-13-25)34(19-17-24-11-9-10-23(3)20-24)28(36)21-35-27-15-8-7-14-26(27)32-33-35/h4-15,20,22,29H,16-19,21H2,1-3H3,(H,31,37)/t29-/m1/s1. The molecule has 0 radical (unpaired) electrons. The summed E-state index contributed by atoms with van der Waals surface area (Å²) in [6.07, 6.45) is 1.50. The van der Waals surface area contributed by atoms with Crippen LogP contribution in [0, 0.1) is 12.8 Å². The van der Waals surface area contributed by atoms with Gasteiger partial charge in [0.2, 0.25) is 11.8 Å². The number of hydrogen-bond acceptors (Lipinski definition) is 4. The Morgan fingerprint density at radius 2 is 1.73 bits per heavy atom. The molecule has 7 heteroatoms. The lowest BCUT2D eigenvalue weighted by Gasteiger charge is -2.32. The second-order valence-corrected chi connectivity index (χ2v) is 9.85. The average molecular weight is 498 g/mol. The minimum atomic E-state index is -0.750. The summed E-state index contributed by atoms with van der Waals surface area (Å²) in [4.78, 5) is 29.2. The van der Waals surface area contributed by atoms with Crippen molar-refractivity contribution >= 4 is 22.8 Å². The van der Waals surface area contributed by atoms with Crippen molar-refractivity contribution in [2.24, 2.45) is 5.92 Å². The van der Waals surface area contributed by atoms with Crippen LogP contribution in [-0.4, -0.2) is 44.8 Å². The maximum absolute atomic E-state index is 13.9. The molecule has 1 N–H and O–H groups in total. The van der Waals surface area contributed by atoms with E-state index < -0.39 is 6.04 Å². The van der Waals surface area contributed by atoms with Gasteiger partial charge in [-0.1, -0.05) is 91.4 Å². The summed E-state index contributed by atoms with van der Waals surface area (Å²) in [7, 11) is 0. The second kappa shape index (κ2) is 12.3. The first kappa shape index (κ1) is 26.1. The molecule has 2 amide bonds. The topological polar surface area (TPSA) is 80.1 Å². The highest BCUT2D eigenvalue weighted by Gasteiger charge is 2.31. The Morgan fingerprint density at radius 1 is 0.973 bits per heavy atom. The van der Waals surface area contributed by atoms with E-state index in [0.29, 0.717) is 25.4 Å². The van der Waals surface area contributed by atoms with E-state index >= 15 is 0 Å². The van der Waals surface area contributed by atoms with Crippen LogP contribution in [0.5, 0.6) is 0 Å². The molecular weight excluding hydrogens is 462 g/mol. The number of hydrogen-bond donors (Lipinski definition) is 1. The van der Waals surface area contributed by atoms with Crippen molar-refractivity contribution in [2.75, 3.05) is 13.1 Å². The van der Waals surface area contributed by atoms with Crippen molar-refractivity contribution < 1.29 is 9.59 Å². The van der Waals surface area contributed by atoms with Crippen molar-refractivity contribution in [3.63, 3.8) is 0 Å². The van der Waals surface area contributed by atoms with Crippen LogP contribution >= 0.6 is 0 Å². The van der Waals surface area contributed by atoms with E-state index in [2.05, 4.69) is 54.6 Å². The van der Waals surface area contributed by atoms with Crippen LogP contribution in [0.4, 0.5) is 0 Å². The number of nitrogens with one attached hydrogen (secondary N) is 1. The summed E-state index contributed by atoms with van der Waals surface area (Å²) in [5.41, 5.74) is 4.58. The Hall–Kier alpha value is -4.00. The van der Waals surface area contributed by atoms with Crippen LogP contribution in [0.3, 0.4) is 0 Å². The van der Waals surface area contributed by atoms with E-state index in [1.165, 1.54) is 0 Å². The SMILES string of the molecule is Cc1cccc(CCN(C(=O)Cn2nnc3ccccc32)[C@@H](C(=O)NCCC(C)C)c2ccccc2)c1. The zero-order valence-electron chi connectivity index (χ0n) is 21.8. The van der Waals surface area contributed by atoms with E-state index in [1.807, 2.05) is 60.7 Å². The van der Waals surface area contributed by atoms with Gasteiger partial charge in [0.1, 0.15) is 18.1 Å². The molecule has 192 valence electrons. The van der Waals surface area contributed by atoms with E-state index in [-0.39, 0.29) is 18.4 Å². The molecule has 0 unspecified atom stereocenters. The molecule has 0 fully saturated rings. The molecule has 0 aliphatic heterocycles. The van der Waals surface area contributed by atoms with Gasteiger partial charge >= 0.3 is 0 Å². The van der Waals surface area contributed by atoms with Crippen LogP contribution in [0.1, 0.15) is 43.0 Å². The fraction of sp³-hybridized carbons (Fsp3) is 0.333. The van der Waals surface area contributed by atoms with Crippen molar-refractivity contribution in [1.82, 2.24) is 25.2 Å². The zero-order valence-corrected chi connectivity index (χ0v) is 21.8. The van der Waals surface area contributed by atoms with Gasteiger partial charge in [0, 0.05) is 13.1 Å². The molecule has 0 aliphatic rings. The summed E-state index contributed by atoms with van der Waals surface area (Å²) in [5.74, 6) is 0.110. The third kappa shape index (κ3) is 6.82. The first-order chi connectivity index (χ1) is 17.9. The highest BCUT2D eigenvalue weighted by molar-refractivity contribution is 5.89. The van der Waals surface area contributed by atoms with Gasteiger partial charge in [-0.25, -0.2) is 4.68 Å². The van der Waals surface area contributed by atoms with Crippen LogP contribution in [0.15, 0.2) is 78.9 Å². The van der Waals surface area contributed by atoms with E-state index in [0.717, 1.165) is 34.1 Å². The minimum absolute atomic E-state index is 0.00304. The summed E-state index contributed by atoms with van der Waals surface area (Å²) in [6, 6.07) is 24.6. The highest BCUT2D eigenvalue weighted by atomic mass is 16.2. The van der Waals surface area contributed by atoms with Crippen LogP contribution in [-0.2, 0) is 22.6 Å². The fourth-order valence-corrected chi connectivity index (χ4v) is 4.46. The van der Waals surface area contributed by atoms with Gasteiger partial charge in [-0.2, -0.15) is 0 Å². The summed E-state index contributed by atoms with van der Waals surface area (Å²) in [5, 5.41) is 11.5. The third-order valence-electron chi connectivity index (χ3n) is 6.45. The number of carbonyl (C=O) groups is 2. The number of rotatable bonds is 11. The molecule has 0 saturated heterocycles. The largest absolute Gasteiger partial charge is 0.354 e. The maximum Gasteiger partial charge on any atom is 0.247 e. The Labute approximate surface area is 218 Å². The van der Waals surface area contributed by atoms with Crippen LogP contribution < -0.4 is 5.32 Å². The molecular formula is C30H35N5O2. The quantitative estimate of drug-likeness (QED) is 0.325. The lowest BCUT2D eigenvalue weighted by Crippen LogP contribution is -2.46. The van der Waals surface area contributed by atoms with Crippen molar-refractivity contribution in [3.8, 4) is 0 Å². The summed E-state index contributed by atoms with van der Waals surface area (Å²) < 4.78 is 1.61. The molecule has 0 aliphatic carbocycles. The number of aryl methyl sites for hydroxylation is 1. The number of fused-ring (bicyclic) bond motifs is 1. The zero-order chi connectivity index (χ0) is 26.2. The summed E-state index contributed by atoms with van der Waals surface area (Å²) in [6.45, 7) is 7.26. The Kier molecular flexibility index (Phi) is 8.67. The molecule has 1 aromatic heterocycles. The molecule has 0 spiro atoms. The molecule has 7 nitrogen and oxygen atoms in total. The first-order valence-electron chi connectivity index (χ1n) is 12.9. The number of amides is 2. The van der Waals surface area contributed by atoms with Gasteiger partial charge < -0.3 is 10.2 Å². The van der Waals surface area contributed by atoms with Crippen LogP contribution in [0.25, 0.3) is 11.0 Å². The smallest absolute Gasteiger partial charge is 0.247 e. The van der Waals surface area contributed by atoms with Gasteiger partial charge in [-0.15, -0.1) is 5.10 Å². The molecule has 1 heterocycles. The van der Waals surface area contributed by atoms with Crippen LogP contribution in [0.2, 0.25) is 0 Å². The predicted molar refractivity (Wildman–Crippen MR) is 146 cm³/mol. The Balaban J connectivity index is 1.65. The van der Waals surface area contributed by atoms with Crippen molar-refractivity contribution in [1.29, 1.82) is 0 Å². The molecule has 4 aromatic rings. The average Bonchev–Trinajstić information content (AvgIpc) is 3.29. The third-order valence-corrected chi connectivity index (χ3v) is 6.45. The van der Waals surface area contributed by atoms with Gasteiger partial charge in [-0.3, -0.25) is 9.59 Å². The molecule has 1 atom stereocenters. The van der Waals surface area contributed by atoms with E-state index in [1.54, 1.807) is 9.58 Å². The lowest BCUT2D eigenvalue weighted by molar-refractivity contribution is -0.141. The number of benzene rings is 3.